The zero-order valence-electron chi connectivity index (χ0n) is 17.6. The molecule has 0 spiro atoms. The Morgan fingerprint density at radius 3 is 2.28 bits per heavy atom. The van der Waals surface area contributed by atoms with Crippen LogP contribution in [0.15, 0.2) is 64.9 Å². The molecule has 32 heavy (non-hydrogen) atoms. The summed E-state index contributed by atoms with van der Waals surface area (Å²) in [5.41, 5.74) is 2.66. The van der Waals surface area contributed by atoms with Gasteiger partial charge in [-0.05, 0) is 42.8 Å². The van der Waals surface area contributed by atoms with E-state index in [4.69, 9.17) is 0 Å². The molecule has 2 aromatic carbocycles. The lowest BCUT2D eigenvalue weighted by molar-refractivity contribution is -0.116. The minimum Gasteiger partial charge on any atom is -0.326 e. The highest BCUT2D eigenvalue weighted by Gasteiger charge is 2.14. The van der Waals surface area contributed by atoms with E-state index < -0.39 is 0 Å². The number of nitrogens with zero attached hydrogens (tertiary/aromatic N) is 3. The second-order valence-corrected chi connectivity index (χ2v) is 8.14. The van der Waals surface area contributed by atoms with E-state index in [2.05, 4.69) is 15.6 Å². The van der Waals surface area contributed by atoms with Gasteiger partial charge in [0, 0.05) is 42.3 Å². The SMILES string of the molecule is CCCn1c(=O)n(CCC(=O)Nc2ccc(C(=O)Nc3nccs3)cc2)c2ccccc21. The van der Waals surface area contributed by atoms with E-state index >= 15 is 0 Å². The molecular weight excluding hydrogens is 426 g/mol. The Labute approximate surface area is 188 Å². The van der Waals surface area contributed by atoms with E-state index in [0.717, 1.165) is 17.5 Å². The van der Waals surface area contributed by atoms with Crippen LogP contribution >= 0.6 is 11.3 Å². The topological polar surface area (TPSA) is 98.0 Å². The molecule has 2 amide bonds. The summed E-state index contributed by atoms with van der Waals surface area (Å²) in [6.45, 7) is 2.96. The van der Waals surface area contributed by atoms with Crippen molar-refractivity contribution in [3.63, 3.8) is 0 Å². The minimum atomic E-state index is -0.263. The first kappa shape index (κ1) is 21.5. The third kappa shape index (κ3) is 4.62. The standard InChI is InChI=1S/C23H23N5O3S/c1-2-13-27-18-5-3-4-6-19(18)28(23(27)31)14-11-20(29)25-17-9-7-16(8-10-17)21(30)26-22-24-12-15-32-22/h3-10,12,15H,2,11,13-14H2,1H3,(H,25,29)(H,24,26,30). The quantitative estimate of drug-likeness (QED) is 0.426. The molecule has 0 radical (unpaired) electrons. The molecule has 0 aliphatic carbocycles. The van der Waals surface area contributed by atoms with E-state index in [9.17, 15) is 14.4 Å². The van der Waals surface area contributed by atoms with Gasteiger partial charge in [-0.2, -0.15) is 0 Å². The Hall–Kier alpha value is -3.72. The zero-order valence-corrected chi connectivity index (χ0v) is 18.4. The molecule has 0 unspecified atom stereocenters. The number of carbonyl (C=O) groups is 2. The van der Waals surface area contributed by atoms with Crippen molar-refractivity contribution in [1.82, 2.24) is 14.1 Å². The number of nitrogens with one attached hydrogen (secondary N) is 2. The van der Waals surface area contributed by atoms with E-state index in [1.165, 1.54) is 11.3 Å². The van der Waals surface area contributed by atoms with Gasteiger partial charge < -0.3 is 5.32 Å². The van der Waals surface area contributed by atoms with Gasteiger partial charge >= 0.3 is 5.69 Å². The van der Waals surface area contributed by atoms with E-state index in [-0.39, 0.29) is 30.5 Å². The van der Waals surface area contributed by atoms with Gasteiger partial charge in [-0.3, -0.25) is 24.0 Å². The van der Waals surface area contributed by atoms with E-state index in [1.54, 1.807) is 45.0 Å². The van der Waals surface area contributed by atoms with Crippen molar-refractivity contribution in [3.8, 4) is 0 Å². The first-order chi connectivity index (χ1) is 15.6. The molecule has 4 aromatic rings. The van der Waals surface area contributed by atoms with Crippen molar-refractivity contribution in [1.29, 1.82) is 0 Å². The molecule has 4 rings (SSSR count). The summed E-state index contributed by atoms with van der Waals surface area (Å²) in [4.78, 5) is 41.5. The molecular formula is C23H23N5O3S. The third-order valence-electron chi connectivity index (χ3n) is 5.02. The highest BCUT2D eigenvalue weighted by Crippen LogP contribution is 2.16. The van der Waals surface area contributed by atoms with Crippen molar-refractivity contribution < 1.29 is 9.59 Å². The average molecular weight is 450 g/mol. The first-order valence-corrected chi connectivity index (χ1v) is 11.2. The van der Waals surface area contributed by atoms with Crippen molar-refractivity contribution in [2.45, 2.75) is 32.9 Å². The second-order valence-electron chi connectivity index (χ2n) is 7.24. The second kappa shape index (κ2) is 9.61. The molecule has 0 saturated heterocycles. The third-order valence-corrected chi connectivity index (χ3v) is 5.71. The molecule has 2 aromatic heterocycles. The number of benzene rings is 2. The Balaban J connectivity index is 1.39. The number of anilines is 2. The van der Waals surface area contributed by atoms with Crippen molar-refractivity contribution in [2.24, 2.45) is 0 Å². The van der Waals surface area contributed by atoms with Crippen LogP contribution in [0.2, 0.25) is 0 Å². The van der Waals surface area contributed by atoms with Gasteiger partial charge in [-0.25, -0.2) is 9.78 Å². The number of amides is 2. The van der Waals surface area contributed by atoms with E-state index in [0.29, 0.717) is 22.9 Å². The fourth-order valence-electron chi connectivity index (χ4n) is 3.52. The molecule has 9 heteroatoms. The van der Waals surface area contributed by atoms with Crippen LogP contribution < -0.4 is 16.3 Å². The number of aromatic nitrogens is 3. The lowest BCUT2D eigenvalue weighted by Crippen LogP contribution is -2.26. The van der Waals surface area contributed by atoms with E-state index in [1.807, 2.05) is 31.2 Å². The van der Waals surface area contributed by atoms with Gasteiger partial charge in [-0.15, -0.1) is 11.3 Å². The highest BCUT2D eigenvalue weighted by molar-refractivity contribution is 7.13. The van der Waals surface area contributed by atoms with Gasteiger partial charge in [0.05, 0.1) is 11.0 Å². The molecule has 0 atom stereocenters. The maximum Gasteiger partial charge on any atom is 0.329 e. The summed E-state index contributed by atoms with van der Waals surface area (Å²) in [6.07, 6.45) is 2.63. The molecule has 0 aliphatic heterocycles. The van der Waals surface area contributed by atoms with Gasteiger partial charge in [-0.1, -0.05) is 19.1 Å². The summed E-state index contributed by atoms with van der Waals surface area (Å²) >= 11 is 1.34. The fourth-order valence-corrected chi connectivity index (χ4v) is 4.05. The predicted molar refractivity (Wildman–Crippen MR) is 126 cm³/mol. The van der Waals surface area contributed by atoms with Crippen LogP contribution in [0.5, 0.6) is 0 Å². The van der Waals surface area contributed by atoms with Crippen LogP contribution in [-0.4, -0.2) is 25.9 Å². The minimum absolute atomic E-state index is 0.101. The molecule has 8 nitrogen and oxygen atoms in total. The lowest BCUT2D eigenvalue weighted by atomic mass is 10.2. The Kier molecular flexibility index (Phi) is 6.46. The fraction of sp³-hybridized carbons (Fsp3) is 0.217. The van der Waals surface area contributed by atoms with Gasteiger partial charge in [0.2, 0.25) is 5.91 Å². The van der Waals surface area contributed by atoms with Crippen LogP contribution in [0.1, 0.15) is 30.1 Å². The van der Waals surface area contributed by atoms with Crippen molar-refractivity contribution >= 4 is 45.0 Å². The number of imidazole rings is 1. The van der Waals surface area contributed by atoms with Gasteiger partial charge in [0.25, 0.3) is 5.91 Å². The number of rotatable bonds is 8. The maximum absolute atomic E-state index is 12.8. The molecule has 0 saturated carbocycles. The zero-order chi connectivity index (χ0) is 22.5. The lowest BCUT2D eigenvalue weighted by Gasteiger charge is -2.07. The van der Waals surface area contributed by atoms with Crippen LogP contribution in [0.3, 0.4) is 0 Å². The highest BCUT2D eigenvalue weighted by atomic mass is 32.1. The van der Waals surface area contributed by atoms with Crippen LogP contribution in [0, 0.1) is 0 Å². The number of aryl methyl sites for hydroxylation is 2. The number of para-hydroxylation sites is 2. The molecule has 164 valence electrons. The summed E-state index contributed by atoms with van der Waals surface area (Å²) < 4.78 is 3.40. The Morgan fingerprint density at radius 1 is 0.969 bits per heavy atom. The molecule has 0 aliphatic rings. The number of hydrogen-bond donors (Lipinski definition) is 2. The maximum atomic E-state index is 12.8. The van der Waals surface area contributed by atoms with Crippen LogP contribution in [0.25, 0.3) is 11.0 Å². The summed E-state index contributed by atoms with van der Waals surface area (Å²) in [6, 6.07) is 14.3. The smallest absolute Gasteiger partial charge is 0.326 e. The predicted octanol–water partition coefficient (Wildman–Crippen LogP) is 3.95. The first-order valence-electron chi connectivity index (χ1n) is 10.4. The molecule has 2 heterocycles. The van der Waals surface area contributed by atoms with Gasteiger partial charge in [0.1, 0.15) is 0 Å². The number of thiazole rings is 1. The van der Waals surface area contributed by atoms with Gasteiger partial charge in [0.15, 0.2) is 5.13 Å². The number of fused-ring (bicyclic) bond motifs is 1. The molecule has 2 N–H and O–H groups in total. The average Bonchev–Trinajstić information content (AvgIpc) is 3.40. The molecule has 0 bridgehead atoms. The summed E-state index contributed by atoms with van der Waals surface area (Å²) in [5, 5.41) is 7.85. The summed E-state index contributed by atoms with van der Waals surface area (Å²) in [5.74, 6) is -0.468. The van der Waals surface area contributed by atoms with Crippen LogP contribution in [0.4, 0.5) is 10.8 Å². The summed E-state index contributed by atoms with van der Waals surface area (Å²) in [7, 11) is 0. The Morgan fingerprint density at radius 2 is 1.66 bits per heavy atom. The molecule has 0 fully saturated rings. The number of carbonyl (C=O) groups excluding carboxylic acids is 2. The van der Waals surface area contributed by atoms with Crippen molar-refractivity contribution in [3.05, 3.63) is 76.2 Å². The van der Waals surface area contributed by atoms with Crippen molar-refractivity contribution in [2.75, 3.05) is 10.6 Å². The Bertz CT molecular complexity index is 1290. The normalized spacial score (nSPS) is 10.9. The largest absolute Gasteiger partial charge is 0.329 e. The number of hydrogen-bond acceptors (Lipinski definition) is 5. The van der Waals surface area contributed by atoms with Crippen LogP contribution in [-0.2, 0) is 17.9 Å². The monoisotopic (exact) mass is 449 g/mol.